The average molecular weight is 216 g/mol. The zero-order valence-corrected chi connectivity index (χ0v) is 9.04. The van der Waals surface area contributed by atoms with Crippen molar-refractivity contribution < 1.29 is 14.3 Å². The molecule has 0 aliphatic carbocycles. The van der Waals surface area contributed by atoms with Gasteiger partial charge >= 0.3 is 0 Å². The highest BCUT2D eigenvalue weighted by Gasteiger charge is 2.18. The van der Waals surface area contributed by atoms with E-state index in [2.05, 4.69) is 5.32 Å². The second kappa shape index (κ2) is 7.62. The standard InChI is InChI=1S/C10H20N2O3/c11-3-6-14-7-4-12-10(13)8-9-2-1-5-15-9/h9H,1-8,11H2,(H,12,13). The minimum Gasteiger partial charge on any atom is -0.378 e. The molecule has 1 saturated heterocycles. The lowest BCUT2D eigenvalue weighted by molar-refractivity contribution is -0.123. The summed E-state index contributed by atoms with van der Waals surface area (Å²) in [5, 5.41) is 2.78. The van der Waals surface area contributed by atoms with Crippen LogP contribution >= 0.6 is 0 Å². The van der Waals surface area contributed by atoms with E-state index in [-0.39, 0.29) is 12.0 Å². The largest absolute Gasteiger partial charge is 0.378 e. The molecule has 1 fully saturated rings. The Labute approximate surface area is 90.3 Å². The van der Waals surface area contributed by atoms with Crippen LogP contribution in [0.5, 0.6) is 0 Å². The van der Waals surface area contributed by atoms with Crippen molar-refractivity contribution in [3.63, 3.8) is 0 Å². The molecule has 3 N–H and O–H groups in total. The topological polar surface area (TPSA) is 73.6 Å². The van der Waals surface area contributed by atoms with Gasteiger partial charge in [-0.05, 0) is 12.8 Å². The summed E-state index contributed by atoms with van der Waals surface area (Å²) in [6.07, 6.45) is 2.65. The normalized spacial score (nSPS) is 20.5. The maximum Gasteiger partial charge on any atom is 0.222 e. The summed E-state index contributed by atoms with van der Waals surface area (Å²) in [5.74, 6) is 0.0400. The van der Waals surface area contributed by atoms with E-state index < -0.39 is 0 Å². The first-order valence-electron chi connectivity index (χ1n) is 5.49. The molecule has 0 saturated carbocycles. The van der Waals surface area contributed by atoms with Gasteiger partial charge in [-0.2, -0.15) is 0 Å². The van der Waals surface area contributed by atoms with Gasteiger partial charge in [0.2, 0.25) is 5.91 Å². The molecule has 1 atom stereocenters. The van der Waals surface area contributed by atoms with Gasteiger partial charge in [0.1, 0.15) is 0 Å². The van der Waals surface area contributed by atoms with Crippen LogP contribution in [0.25, 0.3) is 0 Å². The first kappa shape index (κ1) is 12.4. The Morgan fingerprint density at radius 3 is 3.07 bits per heavy atom. The third kappa shape index (κ3) is 5.71. The van der Waals surface area contributed by atoms with Crippen LogP contribution in [-0.2, 0) is 14.3 Å². The summed E-state index contributed by atoms with van der Waals surface area (Å²) < 4.78 is 10.5. The van der Waals surface area contributed by atoms with E-state index in [1.807, 2.05) is 0 Å². The Morgan fingerprint density at radius 1 is 1.53 bits per heavy atom. The molecule has 0 aromatic carbocycles. The Balaban J connectivity index is 1.93. The van der Waals surface area contributed by atoms with Gasteiger partial charge < -0.3 is 20.5 Å². The van der Waals surface area contributed by atoms with Gasteiger partial charge in [0.15, 0.2) is 0 Å². The van der Waals surface area contributed by atoms with E-state index in [1.54, 1.807) is 0 Å². The molecule has 1 unspecified atom stereocenters. The van der Waals surface area contributed by atoms with E-state index in [1.165, 1.54) is 0 Å². The SMILES string of the molecule is NCCOCCNC(=O)CC1CCCO1. The highest BCUT2D eigenvalue weighted by Crippen LogP contribution is 2.14. The molecule has 15 heavy (non-hydrogen) atoms. The molecule has 1 aliphatic heterocycles. The Morgan fingerprint density at radius 2 is 2.40 bits per heavy atom. The smallest absolute Gasteiger partial charge is 0.222 e. The zero-order valence-electron chi connectivity index (χ0n) is 9.04. The third-order valence-electron chi connectivity index (χ3n) is 2.27. The maximum atomic E-state index is 11.4. The lowest BCUT2D eigenvalue weighted by atomic mass is 10.2. The average Bonchev–Trinajstić information content (AvgIpc) is 2.70. The van der Waals surface area contributed by atoms with Gasteiger partial charge in [-0.1, -0.05) is 0 Å². The van der Waals surface area contributed by atoms with E-state index in [0.717, 1.165) is 19.4 Å². The van der Waals surface area contributed by atoms with Crippen LogP contribution in [0, 0.1) is 0 Å². The quantitative estimate of drug-likeness (QED) is 0.570. The summed E-state index contributed by atoms with van der Waals surface area (Å²) in [7, 11) is 0. The van der Waals surface area contributed by atoms with Crippen molar-refractivity contribution in [3.05, 3.63) is 0 Å². The summed E-state index contributed by atoms with van der Waals surface area (Å²) in [4.78, 5) is 11.4. The second-order valence-corrected chi connectivity index (χ2v) is 3.59. The monoisotopic (exact) mass is 216 g/mol. The molecule has 5 heteroatoms. The third-order valence-corrected chi connectivity index (χ3v) is 2.27. The van der Waals surface area contributed by atoms with Crippen LogP contribution in [0.3, 0.4) is 0 Å². The summed E-state index contributed by atoms with van der Waals surface area (Å²) in [6, 6.07) is 0. The van der Waals surface area contributed by atoms with Crippen LogP contribution in [0.1, 0.15) is 19.3 Å². The molecule has 0 bridgehead atoms. The molecule has 0 radical (unpaired) electrons. The molecule has 1 heterocycles. The lowest BCUT2D eigenvalue weighted by Crippen LogP contribution is -2.30. The maximum absolute atomic E-state index is 11.4. The van der Waals surface area contributed by atoms with Gasteiger partial charge in [0.05, 0.1) is 25.7 Å². The van der Waals surface area contributed by atoms with Crippen LogP contribution in [0.4, 0.5) is 0 Å². The number of rotatable bonds is 7. The van der Waals surface area contributed by atoms with Crippen molar-refractivity contribution in [3.8, 4) is 0 Å². The molecule has 88 valence electrons. The van der Waals surface area contributed by atoms with Crippen LogP contribution in [0.2, 0.25) is 0 Å². The number of ether oxygens (including phenoxy) is 2. The zero-order chi connectivity index (χ0) is 10.9. The number of nitrogens with one attached hydrogen (secondary N) is 1. The molecule has 0 spiro atoms. The van der Waals surface area contributed by atoms with E-state index in [0.29, 0.717) is 32.7 Å². The highest BCUT2D eigenvalue weighted by molar-refractivity contribution is 5.76. The first-order chi connectivity index (χ1) is 7.33. The van der Waals surface area contributed by atoms with Crippen molar-refractivity contribution >= 4 is 5.91 Å². The Bertz CT molecular complexity index is 182. The number of hydrogen-bond donors (Lipinski definition) is 2. The first-order valence-corrected chi connectivity index (χ1v) is 5.49. The fraction of sp³-hybridized carbons (Fsp3) is 0.900. The number of hydrogen-bond acceptors (Lipinski definition) is 4. The molecule has 1 amide bonds. The Kier molecular flexibility index (Phi) is 6.31. The molecule has 0 aromatic rings. The van der Waals surface area contributed by atoms with Gasteiger partial charge in [-0.15, -0.1) is 0 Å². The van der Waals surface area contributed by atoms with Gasteiger partial charge in [-0.3, -0.25) is 4.79 Å². The molecule has 1 aliphatic rings. The van der Waals surface area contributed by atoms with Crippen molar-refractivity contribution in [1.29, 1.82) is 0 Å². The van der Waals surface area contributed by atoms with Gasteiger partial charge in [-0.25, -0.2) is 0 Å². The molecular weight excluding hydrogens is 196 g/mol. The van der Waals surface area contributed by atoms with E-state index >= 15 is 0 Å². The Hall–Kier alpha value is -0.650. The van der Waals surface area contributed by atoms with E-state index in [4.69, 9.17) is 15.2 Å². The predicted octanol–water partition coefficient (Wildman–Crippen LogP) is -0.353. The fourth-order valence-electron chi connectivity index (χ4n) is 1.53. The van der Waals surface area contributed by atoms with E-state index in [9.17, 15) is 4.79 Å². The number of carbonyl (C=O) groups is 1. The van der Waals surface area contributed by atoms with Crippen molar-refractivity contribution in [2.75, 3.05) is 32.9 Å². The minimum atomic E-state index is 0.0400. The molecule has 1 rings (SSSR count). The highest BCUT2D eigenvalue weighted by atomic mass is 16.5. The molecule has 5 nitrogen and oxygen atoms in total. The predicted molar refractivity (Wildman–Crippen MR) is 56.5 cm³/mol. The van der Waals surface area contributed by atoms with Crippen molar-refractivity contribution in [2.45, 2.75) is 25.4 Å². The summed E-state index contributed by atoms with van der Waals surface area (Å²) in [6.45, 7) is 2.92. The van der Waals surface area contributed by atoms with Gasteiger partial charge in [0.25, 0.3) is 0 Å². The van der Waals surface area contributed by atoms with Crippen LogP contribution < -0.4 is 11.1 Å². The fourth-order valence-corrected chi connectivity index (χ4v) is 1.53. The lowest BCUT2D eigenvalue weighted by Gasteiger charge is -2.09. The molecular formula is C10H20N2O3. The summed E-state index contributed by atoms with van der Waals surface area (Å²) in [5.41, 5.74) is 5.25. The van der Waals surface area contributed by atoms with Crippen molar-refractivity contribution in [1.82, 2.24) is 5.32 Å². The minimum absolute atomic E-state index is 0.0400. The second-order valence-electron chi connectivity index (χ2n) is 3.59. The van der Waals surface area contributed by atoms with Crippen molar-refractivity contribution in [2.24, 2.45) is 5.73 Å². The number of amides is 1. The number of carbonyl (C=O) groups excluding carboxylic acids is 1. The van der Waals surface area contributed by atoms with Gasteiger partial charge in [0, 0.05) is 19.7 Å². The number of nitrogens with two attached hydrogens (primary N) is 1. The van der Waals surface area contributed by atoms with Crippen LogP contribution in [0.15, 0.2) is 0 Å². The summed E-state index contributed by atoms with van der Waals surface area (Å²) >= 11 is 0. The molecule has 0 aromatic heterocycles. The van der Waals surface area contributed by atoms with Crippen LogP contribution in [-0.4, -0.2) is 44.9 Å².